The fourth-order valence-electron chi connectivity index (χ4n) is 2.46. The third-order valence-corrected chi connectivity index (χ3v) is 4.56. The molecule has 1 amide bonds. The summed E-state index contributed by atoms with van der Waals surface area (Å²) in [6, 6.07) is 13.8. The van der Waals surface area contributed by atoms with Crippen LogP contribution in [0.15, 0.2) is 42.5 Å². The molecule has 0 atom stereocenters. The molecular weight excluding hydrogens is 334 g/mol. The number of fused-ring (bicyclic) bond motifs is 1. The van der Waals surface area contributed by atoms with Gasteiger partial charge in [-0.1, -0.05) is 12.1 Å². The Morgan fingerprint density at radius 1 is 1.20 bits per heavy atom. The number of rotatable bonds is 7. The lowest BCUT2D eigenvalue weighted by molar-refractivity contribution is -0.119. The lowest BCUT2D eigenvalue weighted by Crippen LogP contribution is -2.33. The summed E-state index contributed by atoms with van der Waals surface area (Å²) in [5.41, 5.74) is 3.06. The van der Waals surface area contributed by atoms with Gasteiger partial charge < -0.3 is 15.4 Å². The van der Waals surface area contributed by atoms with Crippen molar-refractivity contribution in [1.29, 1.82) is 0 Å². The van der Waals surface area contributed by atoms with Crippen molar-refractivity contribution in [3.63, 3.8) is 0 Å². The van der Waals surface area contributed by atoms with Crippen molar-refractivity contribution in [2.24, 2.45) is 0 Å². The molecule has 6 heteroatoms. The molecule has 0 spiro atoms. The average Bonchev–Trinajstić information content (AvgIpc) is 2.96. The van der Waals surface area contributed by atoms with Gasteiger partial charge in [-0.25, -0.2) is 4.98 Å². The summed E-state index contributed by atoms with van der Waals surface area (Å²) in [6.07, 6.45) is 0. The minimum atomic E-state index is -0.0616. The van der Waals surface area contributed by atoms with E-state index in [9.17, 15) is 4.79 Å². The number of nitrogens with one attached hydrogen (secondary N) is 2. The van der Waals surface area contributed by atoms with Crippen LogP contribution in [0.3, 0.4) is 0 Å². The second-order valence-electron chi connectivity index (χ2n) is 5.78. The topological polar surface area (TPSA) is 63.2 Å². The third-order valence-electron chi connectivity index (χ3n) is 3.63. The molecule has 3 aromatic rings. The van der Waals surface area contributed by atoms with Crippen LogP contribution in [0.25, 0.3) is 10.2 Å². The van der Waals surface area contributed by atoms with E-state index in [0.717, 1.165) is 32.2 Å². The number of anilines is 1. The molecule has 2 aromatic carbocycles. The maximum Gasteiger partial charge on any atom is 0.239 e. The van der Waals surface area contributed by atoms with Gasteiger partial charge in [0.25, 0.3) is 0 Å². The summed E-state index contributed by atoms with van der Waals surface area (Å²) in [7, 11) is 0. The quantitative estimate of drug-likeness (QED) is 0.637. The van der Waals surface area contributed by atoms with E-state index in [1.54, 1.807) is 11.3 Å². The first-order valence-electron chi connectivity index (χ1n) is 8.17. The van der Waals surface area contributed by atoms with Gasteiger partial charge in [0.05, 0.1) is 28.3 Å². The van der Waals surface area contributed by atoms with Crippen molar-refractivity contribution in [3.8, 4) is 5.75 Å². The van der Waals surface area contributed by atoms with Gasteiger partial charge >= 0.3 is 0 Å². The third kappa shape index (κ3) is 4.93. The van der Waals surface area contributed by atoms with Crippen molar-refractivity contribution in [2.75, 3.05) is 25.0 Å². The number of hydrogen-bond donors (Lipinski definition) is 2. The number of aryl methyl sites for hydroxylation is 2. The van der Waals surface area contributed by atoms with E-state index in [2.05, 4.69) is 15.6 Å². The molecule has 130 valence electrons. The average molecular weight is 355 g/mol. The van der Waals surface area contributed by atoms with Crippen LogP contribution in [-0.2, 0) is 4.79 Å². The SMILES string of the molecule is Cc1cccc(OCCNC(=O)CNc2ccc3nc(C)sc3c2)c1. The number of amides is 1. The van der Waals surface area contributed by atoms with Gasteiger partial charge in [-0.3, -0.25) is 4.79 Å². The predicted molar refractivity (Wildman–Crippen MR) is 103 cm³/mol. The van der Waals surface area contributed by atoms with Gasteiger partial charge in [0, 0.05) is 5.69 Å². The monoisotopic (exact) mass is 355 g/mol. The number of aromatic nitrogens is 1. The van der Waals surface area contributed by atoms with Crippen molar-refractivity contribution in [2.45, 2.75) is 13.8 Å². The highest BCUT2D eigenvalue weighted by molar-refractivity contribution is 7.18. The van der Waals surface area contributed by atoms with Gasteiger partial charge in [0.1, 0.15) is 12.4 Å². The highest BCUT2D eigenvalue weighted by atomic mass is 32.1. The zero-order valence-electron chi connectivity index (χ0n) is 14.3. The number of carbonyl (C=O) groups is 1. The summed E-state index contributed by atoms with van der Waals surface area (Å²) in [5, 5.41) is 7.02. The van der Waals surface area contributed by atoms with Gasteiger partial charge in [0.2, 0.25) is 5.91 Å². The van der Waals surface area contributed by atoms with Crippen LogP contribution in [0, 0.1) is 13.8 Å². The number of hydrogen-bond acceptors (Lipinski definition) is 5. The molecule has 0 bridgehead atoms. The maximum atomic E-state index is 11.9. The molecule has 0 aliphatic heterocycles. The lowest BCUT2D eigenvalue weighted by Gasteiger charge is -2.09. The first-order valence-corrected chi connectivity index (χ1v) is 8.99. The fourth-order valence-corrected chi connectivity index (χ4v) is 3.33. The molecule has 0 aliphatic carbocycles. The number of benzene rings is 2. The van der Waals surface area contributed by atoms with E-state index in [1.807, 2.05) is 56.3 Å². The molecule has 3 rings (SSSR count). The van der Waals surface area contributed by atoms with Crippen molar-refractivity contribution in [1.82, 2.24) is 10.3 Å². The Morgan fingerprint density at radius 2 is 2.08 bits per heavy atom. The van der Waals surface area contributed by atoms with E-state index in [4.69, 9.17) is 4.74 Å². The van der Waals surface area contributed by atoms with Gasteiger partial charge in [0.15, 0.2) is 0 Å². The van der Waals surface area contributed by atoms with Gasteiger partial charge in [-0.05, 0) is 49.7 Å². The smallest absolute Gasteiger partial charge is 0.239 e. The highest BCUT2D eigenvalue weighted by Crippen LogP contribution is 2.24. The number of carbonyl (C=O) groups excluding carboxylic acids is 1. The van der Waals surface area contributed by atoms with E-state index in [-0.39, 0.29) is 12.5 Å². The van der Waals surface area contributed by atoms with Crippen LogP contribution in [-0.4, -0.2) is 30.6 Å². The zero-order chi connectivity index (χ0) is 17.6. The molecule has 0 aliphatic rings. The van der Waals surface area contributed by atoms with Crippen molar-refractivity contribution >= 4 is 33.1 Å². The number of ether oxygens (including phenoxy) is 1. The number of nitrogens with zero attached hydrogens (tertiary/aromatic N) is 1. The van der Waals surface area contributed by atoms with Crippen LogP contribution in [0.1, 0.15) is 10.6 Å². The summed E-state index contributed by atoms with van der Waals surface area (Å²) in [5.74, 6) is 0.758. The Morgan fingerprint density at radius 3 is 2.92 bits per heavy atom. The summed E-state index contributed by atoms with van der Waals surface area (Å²) >= 11 is 1.65. The molecule has 25 heavy (non-hydrogen) atoms. The minimum Gasteiger partial charge on any atom is -0.492 e. The normalized spacial score (nSPS) is 10.6. The standard InChI is InChI=1S/C19H21N3O2S/c1-13-4-3-5-16(10-13)24-9-8-20-19(23)12-21-15-6-7-17-18(11-15)25-14(2)22-17/h3-7,10-11,21H,8-9,12H2,1-2H3,(H,20,23). The Hall–Kier alpha value is -2.60. The maximum absolute atomic E-state index is 11.9. The minimum absolute atomic E-state index is 0.0616. The van der Waals surface area contributed by atoms with Crippen molar-refractivity contribution < 1.29 is 9.53 Å². The van der Waals surface area contributed by atoms with E-state index >= 15 is 0 Å². The summed E-state index contributed by atoms with van der Waals surface area (Å²) in [6.45, 7) is 5.16. The Kier molecular flexibility index (Phi) is 5.50. The van der Waals surface area contributed by atoms with E-state index in [1.165, 1.54) is 0 Å². The van der Waals surface area contributed by atoms with E-state index < -0.39 is 0 Å². The Balaban J connectivity index is 1.40. The lowest BCUT2D eigenvalue weighted by atomic mass is 10.2. The number of thiazole rings is 1. The van der Waals surface area contributed by atoms with Crippen LogP contribution in [0.4, 0.5) is 5.69 Å². The molecule has 0 radical (unpaired) electrons. The summed E-state index contributed by atoms with van der Waals surface area (Å²) < 4.78 is 6.73. The van der Waals surface area contributed by atoms with Crippen LogP contribution < -0.4 is 15.4 Å². The zero-order valence-corrected chi connectivity index (χ0v) is 15.2. The molecular formula is C19H21N3O2S. The van der Waals surface area contributed by atoms with Gasteiger partial charge in [-0.2, -0.15) is 0 Å². The van der Waals surface area contributed by atoms with Gasteiger partial charge in [-0.15, -0.1) is 11.3 Å². The molecule has 0 fully saturated rings. The van der Waals surface area contributed by atoms with Crippen LogP contribution in [0.5, 0.6) is 5.75 Å². The molecule has 0 unspecified atom stereocenters. The Bertz CT molecular complexity index is 876. The van der Waals surface area contributed by atoms with Crippen LogP contribution in [0.2, 0.25) is 0 Å². The highest BCUT2D eigenvalue weighted by Gasteiger charge is 2.04. The Labute approximate surface area is 151 Å². The predicted octanol–water partition coefficient (Wildman–Crippen LogP) is 3.52. The summed E-state index contributed by atoms with van der Waals surface area (Å²) in [4.78, 5) is 16.3. The molecule has 0 saturated heterocycles. The molecule has 2 N–H and O–H groups in total. The van der Waals surface area contributed by atoms with Crippen molar-refractivity contribution in [3.05, 3.63) is 53.0 Å². The molecule has 1 heterocycles. The molecule has 0 saturated carbocycles. The largest absolute Gasteiger partial charge is 0.492 e. The second kappa shape index (κ2) is 7.98. The molecule has 5 nitrogen and oxygen atoms in total. The van der Waals surface area contributed by atoms with Crippen LogP contribution >= 0.6 is 11.3 Å². The van der Waals surface area contributed by atoms with E-state index in [0.29, 0.717) is 13.2 Å². The molecule has 1 aromatic heterocycles. The first kappa shape index (κ1) is 17.2. The first-order chi connectivity index (χ1) is 12.1. The second-order valence-corrected chi connectivity index (χ2v) is 7.02. The fraction of sp³-hybridized carbons (Fsp3) is 0.263.